The van der Waals surface area contributed by atoms with Crippen LogP contribution in [0, 0.1) is 5.92 Å². The van der Waals surface area contributed by atoms with E-state index < -0.39 is 0 Å². The zero-order valence-electron chi connectivity index (χ0n) is 12.7. The molecule has 1 saturated heterocycles. The predicted molar refractivity (Wildman–Crippen MR) is 89.7 cm³/mol. The Hall–Kier alpha value is -1.80. The highest BCUT2D eigenvalue weighted by atomic mass is 15.1. The van der Waals surface area contributed by atoms with E-state index in [1.807, 2.05) is 0 Å². The molecule has 2 atom stereocenters. The van der Waals surface area contributed by atoms with Crippen molar-refractivity contribution in [1.29, 1.82) is 0 Å². The van der Waals surface area contributed by atoms with Gasteiger partial charge in [-0.05, 0) is 36.0 Å². The van der Waals surface area contributed by atoms with E-state index in [9.17, 15) is 0 Å². The quantitative estimate of drug-likeness (QED) is 0.933. The number of piperidine rings is 1. The summed E-state index contributed by atoms with van der Waals surface area (Å²) >= 11 is 0. The number of hydrogen-bond donors (Lipinski definition) is 1. The molecule has 110 valence electrons. The molecule has 2 aromatic carbocycles. The normalized spacial score (nSPS) is 22.3. The minimum atomic E-state index is 0.350. The Kier molecular flexibility index (Phi) is 4.26. The van der Waals surface area contributed by atoms with E-state index >= 15 is 0 Å². The Balaban J connectivity index is 1.83. The number of nitrogens with two attached hydrogens (primary N) is 1. The molecule has 0 aliphatic carbocycles. The molecule has 1 heterocycles. The van der Waals surface area contributed by atoms with Crippen LogP contribution in [-0.2, 0) is 6.42 Å². The lowest BCUT2D eigenvalue weighted by Crippen LogP contribution is -2.46. The van der Waals surface area contributed by atoms with Crippen LogP contribution in [0.1, 0.15) is 24.5 Å². The van der Waals surface area contributed by atoms with Crippen LogP contribution in [0.15, 0.2) is 54.6 Å². The summed E-state index contributed by atoms with van der Waals surface area (Å²) < 4.78 is 0. The largest absolute Gasteiger partial charge is 0.371 e. The van der Waals surface area contributed by atoms with E-state index in [0.717, 1.165) is 25.9 Å². The Bertz CT molecular complexity index is 579. The van der Waals surface area contributed by atoms with Crippen molar-refractivity contribution in [3.63, 3.8) is 0 Å². The van der Waals surface area contributed by atoms with Gasteiger partial charge in [-0.25, -0.2) is 0 Å². The van der Waals surface area contributed by atoms with E-state index in [-0.39, 0.29) is 0 Å². The van der Waals surface area contributed by atoms with Crippen LogP contribution in [0.5, 0.6) is 0 Å². The average molecular weight is 280 g/mol. The molecule has 2 aromatic rings. The smallest absolute Gasteiger partial charge is 0.0402 e. The van der Waals surface area contributed by atoms with Crippen LogP contribution >= 0.6 is 0 Å². The van der Waals surface area contributed by atoms with Gasteiger partial charge in [-0.3, -0.25) is 0 Å². The van der Waals surface area contributed by atoms with Gasteiger partial charge in [0.15, 0.2) is 0 Å². The van der Waals surface area contributed by atoms with Crippen molar-refractivity contribution in [2.24, 2.45) is 11.7 Å². The highest BCUT2D eigenvalue weighted by Crippen LogP contribution is 2.27. The summed E-state index contributed by atoms with van der Waals surface area (Å²) in [5.41, 5.74) is 10.3. The van der Waals surface area contributed by atoms with Crippen LogP contribution in [0.4, 0.5) is 5.69 Å². The molecule has 0 amide bonds. The molecular weight excluding hydrogens is 256 g/mol. The maximum atomic E-state index is 6.15. The van der Waals surface area contributed by atoms with E-state index in [1.54, 1.807) is 0 Å². The molecule has 0 spiro atoms. The monoisotopic (exact) mass is 280 g/mol. The molecule has 2 nitrogen and oxygen atoms in total. The zero-order valence-corrected chi connectivity index (χ0v) is 12.7. The van der Waals surface area contributed by atoms with E-state index in [2.05, 4.69) is 66.4 Å². The third-order valence-corrected chi connectivity index (χ3v) is 4.54. The van der Waals surface area contributed by atoms with E-state index in [0.29, 0.717) is 12.0 Å². The SMILES string of the molecule is CC1CN(c2ccccc2Cc2ccccc2)CCC1N. The molecule has 3 rings (SSSR count). The molecule has 2 unspecified atom stereocenters. The van der Waals surface area contributed by atoms with Crippen molar-refractivity contribution in [2.45, 2.75) is 25.8 Å². The molecule has 2 N–H and O–H groups in total. The standard InChI is InChI=1S/C19H24N2/c1-15-14-21(12-11-18(15)20)19-10-6-5-9-17(19)13-16-7-3-2-4-8-16/h2-10,15,18H,11-14,20H2,1H3. The van der Waals surface area contributed by atoms with Gasteiger partial charge in [0.25, 0.3) is 0 Å². The van der Waals surface area contributed by atoms with Gasteiger partial charge in [-0.2, -0.15) is 0 Å². The number of nitrogens with zero attached hydrogens (tertiary/aromatic N) is 1. The maximum absolute atomic E-state index is 6.15. The first-order valence-corrected chi connectivity index (χ1v) is 7.86. The zero-order chi connectivity index (χ0) is 14.7. The van der Waals surface area contributed by atoms with Gasteiger partial charge in [-0.15, -0.1) is 0 Å². The van der Waals surface area contributed by atoms with Crippen LogP contribution in [0.25, 0.3) is 0 Å². The van der Waals surface area contributed by atoms with Crippen molar-refractivity contribution in [3.8, 4) is 0 Å². The lowest BCUT2D eigenvalue weighted by atomic mass is 9.93. The fraction of sp³-hybridized carbons (Fsp3) is 0.368. The lowest BCUT2D eigenvalue weighted by molar-refractivity contribution is 0.382. The molecule has 1 aliphatic rings. The summed E-state index contributed by atoms with van der Waals surface area (Å²) in [5, 5.41) is 0. The van der Waals surface area contributed by atoms with Gasteiger partial charge in [0.2, 0.25) is 0 Å². The van der Waals surface area contributed by atoms with Crippen LogP contribution in [0.3, 0.4) is 0 Å². The van der Waals surface area contributed by atoms with Crippen molar-refractivity contribution >= 4 is 5.69 Å². The van der Waals surface area contributed by atoms with Crippen molar-refractivity contribution in [3.05, 3.63) is 65.7 Å². The Morgan fingerprint density at radius 2 is 1.76 bits per heavy atom. The molecule has 0 radical (unpaired) electrons. The highest BCUT2D eigenvalue weighted by molar-refractivity contribution is 5.55. The van der Waals surface area contributed by atoms with Crippen LogP contribution < -0.4 is 10.6 Å². The summed E-state index contributed by atoms with van der Waals surface area (Å²) in [6.07, 6.45) is 2.08. The summed E-state index contributed by atoms with van der Waals surface area (Å²) in [6, 6.07) is 19.8. The second-order valence-corrected chi connectivity index (χ2v) is 6.17. The fourth-order valence-corrected chi connectivity index (χ4v) is 3.17. The first kappa shape index (κ1) is 14.2. The topological polar surface area (TPSA) is 29.3 Å². The lowest BCUT2D eigenvalue weighted by Gasteiger charge is -2.37. The van der Waals surface area contributed by atoms with Gasteiger partial charge >= 0.3 is 0 Å². The van der Waals surface area contributed by atoms with Gasteiger partial charge < -0.3 is 10.6 Å². The molecule has 0 aromatic heterocycles. The second kappa shape index (κ2) is 6.31. The number of para-hydroxylation sites is 1. The highest BCUT2D eigenvalue weighted by Gasteiger charge is 2.24. The summed E-state index contributed by atoms with van der Waals surface area (Å²) in [6.45, 7) is 4.39. The molecular formula is C19H24N2. The Morgan fingerprint density at radius 3 is 2.52 bits per heavy atom. The van der Waals surface area contributed by atoms with Gasteiger partial charge in [0, 0.05) is 24.8 Å². The van der Waals surface area contributed by atoms with Crippen LogP contribution in [-0.4, -0.2) is 19.1 Å². The van der Waals surface area contributed by atoms with Gasteiger partial charge in [-0.1, -0.05) is 55.5 Å². The minimum Gasteiger partial charge on any atom is -0.371 e. The van der Waals surface area contributed by atoms with Gasteiger partial charge in [0.1, 0.15) is 0 Å². The first-order chi connectivity index (χ1) is 10.2. The average Bonchev–Trinajstić information content (AvgIpc) is 2.52. The number of benzene rings is 2. The van der Waals surface area contributed by atoms with E-state index in [1.165, 1.54) is 16.8 Å². The summed E-state index contributed by atoms with van der Waals surface area (Å²) in [7, 11) is 0. The second-order valence-electron chi connectivity index (χ2n) is 6.17. The third kappa shape index (κ3) is 3.27. The number of rotatable bonds is 3. The summed E-state index contributed by atoms with van der Waals surface area (Å²) in [5.74, 6) is 0.559. The maximum Gasteiger partial charge on any atom is 0.0402 e. The van der Waals surface area contributed by atoms with Crippen molar-refractivity contribution < 1.29 is 0 Å². The third-order valence-electron chi connectivity index (χ3n) is 4.54. The Morgan fingerprint density at radius 1 is 1.05 bits per heavy atom. The molecule has 1 fully saturated rings. The van der Waals surface area contributed by atoms with Crippen molar-refractivity contribution in [1.82, 2.24) is 0 Å². The van der Waals surface area contributed by atoms with Crippen LogP contribution in [0.2, 0.25) is 0 Å². The number of hydrogen-bond acceptors (Lipinski definition) is 2. The van der Waals surface area contributed by atoms with Gasteiger partial charge in [0.05, 0.1) is 0 Å². The Labute approximate surface area is 127 Å². The fourth-order valence-electron chi connectivity index (χ4n) is 3.17. The van der Waals surface area contributed by atoms with E-state index in [4.69, 9.17) is 5.73 Å². The molecule has 1 aliphatic heterocycles. The van der Waals surface area contributed by atoms with Crippen molar-refractivity contribution in [2.75, 3.05) is 18.0 Å². The molecule has 0 saturated carbocycles. The first-order valence-electron chi connectivity index (χ1n) is 7.86. The number of anilines is 1. The molecule has 2 heteroatoms. The minimum absolute atomic E-state index is 0.350. The summed E-state index contributed by atoms with van der Waals surface area (Å²) in [4.78, 5) is 2.51. The molecule has 21 heavy (non-hydrogen) atoms. The molecule has 0 bridgehead atoms. The predicted octanol–water partition coefficient (Wildman–Crippen LogP) is 3.45.